The normalized spacial score (nSPS) is 11.5. The quantitative estimate of drug-likeness (QED) is 0.0435. The van der Waals surface area contributed by atoms with E-state index in [4.69, 9.17) is 19.4 Å². The lowest BCUT2D eigenvalue weighted by Gasteiger charge is -2.26. The number of rotatable bonds is 21. The fourth-order valence-electron chi connectivity index (χ4n) is 6.82. The minimum absolute atomic E-state index is 0.302. The molecule has 0 saturated carbocycles. The SMILES string of the molecule is CCCCCCOc1ccc(N(c2ccc(OCCCCCC)cc2)c2ccc(-c3sc(-c4ccc(/C=C(/C#N)C(=O)O)s4)c4nc(CC)c(CC)nc34)cc2)cc1. The van der Waals surface area contributed by atoms with Crippen molar-refractivity contribution >= 4 is 62.8 Å². The summed E-state index contributed by atoms with van der Waals surface area (Å²) in [5, 5.41) is 18.8. The van der Waals surface area contributed by atoms with E-state index in [1.54, 1.807) is 17.4 Å². The number of aliphatic carboxylic acids is 1. The maximum absolute atomic E-state index is 11.5. The number of aromatic nitrogens is 2. The molecule has 3 aromatic carbocycles. The van der Waals surface area contributed by atoms with Crippen molar-refractivity contribution in [2.45, 2.75) is 91.9 Å². The number of fused-ring (bicyclic) bond motifs is 1. The number of carboxylic acid groups (broad SMARTS) is 1. The highest BCUT2D eigenvalue weighted by Crippen LogP contribution is 2.46. The summed E-state index contributed by atoms with van der Waals surface area (Å²) in [6.07, 6.45) is 12.3. The maximum Gasteiger partial charge on any atom is 0.346 e. The van der Waals surface area contributed by atoms with Gasteiger partial charge in [0.15, 0.2) is 0 Å². The van der Waals surface area contributed by atoms with Crippen LogP contribution in [0.2, 0.25) is 0 Å². The number of nitrogens with zero attached hydrogens (tertiary/aromatic N) is 4. The molecular formula is C48H52N4O4S2. The molecule has 0 aliphatic heterocycles. The van der Waals surface area contributed by atoms with Crippen molar-refractivity contribution in [2.75, 3.05) is 18.1 Å². The summed E-state index contributed by atoms with van der Waals surface area (Å²) in [7, 11) is 0. The third-order valence-corrected chi connectivity index (χ3v) is 12.4. The molecule has 6 rings (SSSR count). The highest BCUT2D eigenvalue weighted by atomic mass is 32.1. The number of anilines is 3. The van der Waals surface area contributed by atoms with E-state index < -0.39 is 5.97 Å². The lowest BCUT2D eigenvalue weighted by atomic mass is 10.1. The lowest BCUT2D eigenvalue weighted by Crippen LogP contribution is -2.10. The molecular weight excluding hydrogens is 761 g/mol. The van der Waals surface area contributed by atoms with Crippen LogP contribution in [-0.2, 0) is 17.6 Å². The standard InChI is InChI=1S/C48H52N4O4S2/c1-5-9-11-13-29-55-38-23-19-36(20-24-38)52(37-21-25-39(26-22-37)56-30-14-12-10-6-2)35-17-15-33(16-18-35)46-44-45(51-42(8-4)41(7-3)50-44)47(58-46)43-28-27-40(57-43)31-34(32-49)48(53)54/h15-28,31H,5-14,29-30H2,1-4H3,(H,53,54)/b34-31-. The minimum atomic E-state index is -1.24. The number of benzene rings is 3. The Morgan fingerprint density at radius 1 is 0.672 bits per heavy atom. The van der Waals surface area contributed by atoms with E-state index in [0.717, 1.165) is 96.9 Å². The molecule has 0 aliphatic carbocycles. The smallest absolute Gasteiger partial charge is 0.346 e. The summed E-state index contributed by atoms with van der Waals surface area (Å²) in [5.74, 6) is 0.484. The van der Waals surface area contributed by atoms with Gasteiger partial charge in [-0.2, -0.15) is 5.26 Å². The van der Waals surface area contributed by atoms with Crippen LogP contribution in [0.4, 0.5) is 17.1 Å². The monoisotopic (exact) mass is 812 g/mol. The van der Waals surface area contributed by atoms with Crippen LogP contribution in [0.1, 0.15) is 95.3 Å². The van der Waals surface area contributed by atoms with Crippen LogP contribution in [0.15, 0.2) is 90.5 Å². The summed E-state index contributed by atoms with van der Waals surface area (Å²) in [6, 6.07) is 30.8. The van der Waals surface area contributed by atoms with Crippen molar-refractivity contribution in [3.05, 3.63) is 107 Å². The molecule has 1 N–H and O–H groups in total. The van der Waals surface area contributed by atoms with Gasteiger partial charge in [0.05, 0.1) is 34.4 Å². The van der Waals surface area contributed by atoms with Crippen molar-refractivity contribution in [3.8, 4) is 37.8 Å². The number of carboxylic acids is 1. The van der Waals surface area contributed by atoms with Crippen LogP contribution >= 0.6 is 22.7 Å². The first-order valence-electron chi connectivity index (χ1n) is 20.5. The van der Waals surface area contributed by atoms with Gasteiger partial charge in [-0.3, -0.25) is 0 Å². The van der Waals surface area contributed by atoms with E-state index in [-0.39, 0.29) is 5.57 Å². The van der Waals surface area contributed by atoms with Gasteiger partial charge in [0.1, 0.15) is 34.2 Å². The van der Waals surface area contributed by atoms with Crippen molar-refractivity contribution in [2.24, 2.45) is 0 Å². The summed E-state index contributed by atoms with van der Waals surface area (Å²) in [6.45, 7) is 10.1. The van der Waals surface area contributed by atoms with Gasteiger partial charge in [-0.15, -0.1) is 22.7 Å². The fraction of sp³-hybridized carbons (Fsp3) is 0.333. The van der Waals surface area contributed by atoms with Gasteiger partial charge in [-0.1, -0.05) is 78.4 Å². The van der Waals surface area contributed by atoms with Crippen LogP contribution in [0, 0.1) is 11.3 Å². The van der Waals surface area contributed by atoms with Crippen molar-refractivity contribution < 1.29 is 19.4 Å². The molecule has 0 aliphatic rings. The number of unbranched alkanes of at least 4 members (excludes halogenated alkanes) is 6. The van der Waals surface area contributed by atoms with Crippen LogP contribution in [0.3, 0.4) is 0 Å². The summed E-state index contributed by atoms with van der Waals surface area (Å²) < 4.78 is 12.2. The second-order valence-electron chi connectivity index (χ2n) is 14.1. The van der Waals surface area contributed by atoms with Gasteiger partial charge in [0.2, 0.25) is 0 Å². The van der Waals surface area contributed by atoms with Crippen molar-refractivity contribution in [1.82, 2.24) is 9.97 Å². The van der Waals surface area contributed by atoms with E-state index in [1.165, 1.54) is 55.9 Å². The second-order valence-corrected chi connectivity index (χ2v) is 16.3. The Hall–Kier alpha value is -5.50. The van der Waals surface area contributed by atoms with E-state index in [0.29, 0.717) is 18.1 Å². The summed E-state index contributed by atoms with van der Waals surface area (Å²) in [5.41, 5.74) is 7.39. The van der Waals surface area contributed by atoms with Gasteiger partial charge < -0.3 is 19.5 Å². The molecule has 3 heterocycles. The molecule has 58 heavy (non-hydrogen) atoms. The van der Waals surface area contributed by atoms with E-state index in [1.807, 2.05) is 36.4 Å². The van der Waals surface area contributed by atoms with Gasteiger partial charge in [-0.25, -0.2) is 14.8 Å². The van der Waals surface area contributed by atoms with Crippen LogP contribution in [0.25, 0.3) is 37.3 Å². The zero-order valence-electron chi connectivity index (χ0n) is 33.9. The molecule has 0 spiro atoms. The summed E-state index contributed by atoms with van der Waals surface area (Å²) in [4.78, 5) is 27.8. The Morgan fingerprint density at radius 2 is 1.17 bits per heavy atom. The van der Waals surface area contributed by atoms with Gasteiger partial charge >= 0.3 is 5.97 Å². The molecule has 0 amide bonds. The van der Waals surface area contributed by atoms with Crippen LogP contribution in [-0.4, -0.2) is 34.3 Å². The molecule has 0 radical (unpaired) electrons. The average molecular weight is 813 g/mol. The van der Waals surface area contributed by atoms with Crippen LogP contribution in [0.5, 0.6) is 11.5 Å². The maximum atomic E-state index is 11.5. The number of aryl methyl sites for hydroxylation is 2. The van der Waals surface area contributed by atoms with E-state index in [2.05, 4.69) is 81.1 Å². The number of thiophene rings is 2. The van der Waals surface area contributed by atoms with Crippen molar-refractivity contribution in [1.29, 1.82) is 5.26 Å². The Labute approximate surface area is 350 Å². The molecule has 0 unspecified atom stereocenters. The Balaban J connectivity index is 1.35. The molecule has 0 bridgehead atoms. The average Bonchev–Trinajstić information content (AvgIpc) is 3.87. The number of hydrogen-bond acceptors (Lipinski definition) is 9. The highest BCUT2D eigenvalue weighted by molar-refractivity contribution is 7.25. The van der Waals surface area contributed by atoms with E-state index >= 15 is 0 Å². The zero-order valence-corrected chi connectivity index (χ0v) is 35.6. The molecule has 0 atom stereocenters. The number of hydrogen-bond donors (Lipinski definition) is 1. The summed E-state index contributed by atoms with van der Waals surface area (Å²) >= 11 is 3.07. The molecule has 6 aromatic rings. The Kier molecular flexibility index (Phi) is 15.1. The zero-order chi connectivity index (χ0) is 40.9. The predicted molar refractivity (Wildman–Crippen MR) is 240 cm³/mol. The molecule has 0 fully saturated rings. The first-order chi connectivity index (χ1) is 28.4. The molecule has 0 saturated heterocycles. The topological polar surface area (TPSA) is 109 Å². The number of ether oxygens (including phenoxy) is 2. The Morgan fingerprint density at radius 3 is 1.64 bits per heavy atom. The number of carbonyl (C=O) groups is 1. The fourth-order valence-corrected chi connectivity index (χ4v) is 9.06. The minimum Gasteiger partial charge on any atom is -0.494 e. The second kappa shape index (κ2) is 20.8. The molecule has 3 aromatic heterocycles. The molecule has 300 valence electrons. The third-order valence-electron chi connectivity index (χ3n) is 9.95. The lowest BCUT2D eigenvalue weighted by molar-refractivity contribution is -0.132. The Bertz CT molecular complexity index is 2280. The number of nitriles is 1. The predicted octanol–water partition coefficient (Wildman–Crippen LogP) is 13.6. The molecule has 10 heteroatoms. The third kappa shape index (κ3) is 10.3. The van der Waals surface area contributed by atoms with Crippen LogP contribution < -0.4 is 14.4 Å². The van der Waals surface area contributed by atoms with Crippen molar-refractivity contribution in [3.63, 3.8) is 0 Å². The van der Waals surface area contributed by atoms with Gasteiger partial charge in [0.25, 0.3) is 0 Å². The largest absolute Gasteiger partial charge is 0.494 e. The van der Waals surface area contributed by atoms with E-state index in [9.17, 15) is 15.2 Å². The van der Waals surface area contributed by atoms with Gasteiger partial charge in [-0.05, 0) is 110 Å². The first kappa shape index (κ1) is 42.1. The molecule has 8 nitrogen and oxygen atoms in total. The highest BCUT2D eigenvalue weighted by Gasteiger charge is 2.22. The first-order valence-corrected chi connectivity index (χ1v) is 22.1. The van der Waals surface area contributed by atoms with Gasteiger partial charge in [0, 0.05) is 26.8 Å².